The van der Waals surface area contributed by atoms with Crippen LogP contribution < -0.4 is 14.8 Å². The van der Waals surface area contributed by atoms with E-state index in [0.717, 1.165) is 5.56 Å². The maximum absolute atomic E-state index is 12.3. The van der Waals surface area contributed by atoms with E-state index in [2.05, 4.69) is 5.32 Å². The van der Waals surface area contributed by atoms with E-state index in [4.69, 9.17) is 18.6 Å². The minimum Gasteiger partial charge on any atom is -0.493 e. The Bertz CT molecular complexity index is 903. The van der Waals surface area contributed by atoms with E-state index in [1.807, 2.05) is 6.07 Å². The zero-order chi connectivity index (χ0) is 22.2. The van der Waals surface area contributed by atoms with Gasteiger partial charge in [-0.05, 0) is 42.7 Å². The van der Waals surface area contributed by atoms with Gasteiger partial charge >= 0.3 is 5.97 Å². The Balaban J connectivity index is 1.39. The second-order valence-electron chi connectivity index (χ2n) is 7.12. The lowest BCUT2D eigenvalue weighted by Crippen LogP contribution is -2.41. The predicted molar refractivity (Wildman–Crippen MR) is 110 cm³/mol. The fourth-order valence-electron chi connectivity index (χ4n) is 3.37. The maximum atomic E-state index is 12.3. The highest BCUT2D eigenvalue weighted by atomic mass is 16.5. The zero-order valence-corrected chi connectivity index (χ0v) is 17.6. The number of likely N-dealkylation sites (tertiary alicyclic amines) is 1. The van der Waals surface area contributed by atoms with Crippen LogP contribution in [0.5, 0.6) is 11.5 Å². The molecule has 2 amide bonds. The number of nitrogens with zero attached hydrogens (tertiary/aromatic N) is 1. The number of esters is 1. The standard InChI is InChI=1S/C22H26N2O7/c1-28-17-6-5-15(12-19(17)29-2)13-23-20(25)14-31-22(27)16-7-9-24(10-8-16)21(26)18-4-3-11-30-18/h3-6,11-12,16H,7-10,13-14H2,1-2H3,(H,23,25). The third-order valence-corrected chi connectivity index (χ3v) is 5.13. The van der Waals surface area contributed by atoms with Gasteiger partial charge in [0.05, 0.1) is 26.4 Å². The van der Waals surface area contributed by atoms with Crippen LogP contribution in [-0.4, -0.2) is 56.6 Å². The van der Waals surface area contributed by atoms with Crippen molar-refractivity contribution < 1.29 is 33.0 Å². The van der Waals surface area contributed by atoms with Gasteiger partial charge in [0, 0.05) is 19.6 Å². The highest BCUT2D eigenvalue weighted by molar-refractivity contribution is 5.91. The Morgan fingerprint density at radius 1 is 1.10 bits per heavy atom. The van der Waals surface area contributed by atoms with Gasteiger partial charge in [-0.3, -0.25) is 14.4 Å². The van der Waals surface area contributed by atoms with Crippen molar-refractivity contribution in [3.8, 4) is 11.5 Å². The summed E-state index contributed by atoms with van der Waals surface area (Å²) in [6, 6.07) is 8.61. The lowest BCUT2D eigenvalue weighted by molar-refractivity contribution is -0.153. The average molecular weight is 430 g/mol. The molecule has 31 heavy (non-hydrogen) atoms. The number of ether oxygens (including phenoxy) is 3. The molecule has 2 heterocycles. The Hall–Kier alpha value is -3.49. The van der Waals surface area contributed by atoms with Crippen LogP contribution in [0, 0.1) is 5.92 Å². The molecule has 0 bridgehead atoms. The van der Waals surface area contributed by atoms with E-state index in [-0.39, 0.29) is 30.7 Å². The minimum absolute atomic E-state index is 0.189. The first-order valence-corrected chi connectivity index (χ1v) is 9.99. The molecule has 0 saturated carbocycles. The molecule has 2 aromatic rings. The summed E-state index contributed by atoms with van der Waals surface area (Å²) in [5.74, 6) is 0.110. The Kier molecular flexibility index (Phi) is 7.53. The second kappa shape index (κ2) is 10.5. The molecule has 1 aliphatic heterocycles. The summed E-state index contributed by atoms with van der Waals surface area (Å²) in [7, 11) is 3.09. The number of amides is 2. The fourth-order valence-corrected chi connectivity index (χ4v) is 3.37. The molecule has 1 fully saturated rings. The van der Waals surface area contributed by atoms with Crippen molar-refractivity contribution in [1.82, 2.24) is 10.2 Å². The molecule has 0 spiro atoms. The number of piperidine rings is 1. The lowest BCUT2D eigenvalue weighted by atomic mass is 9.97. The monoisotopic (exact) mass is 430 g/mol. The van der Waals surface area contributed by atoms with Crippen LogP contribution in [0.1, 0.15) is 29.0 Å². The van der Waals surface area contributed by atoms with Crippen LogP contribution in [0.4, 0.5) is 0 Å². The van der Waals surface area contributed by atoms with E-state index in [1.165, 1.54) is 13.4 Å². The van der Waals surface area contributed by atoms with Crippen LogP contribution in [-0.2, 0) is 20.9 Å². The van der Waals surface area contributed by atoms with E-state index in [9.17, 15) is 14.4 Å². The second-order valence-corrected chi connectivity index (χ2v) is 7.12. The zero-order valence-electron chi connectivity index (χ0n) is 17.6. The summed E-state index contributed by atoms with van der Waals surface area (Å²) in [6.07, 6.45) is 2.42. The summed E-state index contributed by atoms with van der Waals surface area (Å²) < 4.78 is 20.7. The van der Waals surface area contributed by atoms with E-state index in [1.54, 1.807) is 36.3 Å². The molecular formula is C22H26N2O7. The molecule has 9 nitrogen and oxygen atoms in total. The molecule has 1 aliphatic rings. The molecule has 166 valence electrons. The number of methoxy groups -OCH3 is 2. The lowest BCUT2D eigenvalue weighted by Gasteiger charge is -2.30. The third-order valence-electron chi connectivity index (χ3n) is 5.13. The van der Waals surface area contributed by atoms with Crippen molar-refractivity contribution in [2.75, 3.05) is 33.9 Å². The molecule has 0 aliphatic carbocycles. The van der Waals surface area contributed by atoms with Crippen molar-refractivity contribution in [3.05, 3.63) is 47.9 Å². The Morgan fingerprint density at radius 2 is 1.84 bits per heavy atom. The number of rotatable bonds is 8. The van der Waals surface area contributed by atoms with E-state index in [0.29, 0.717) is 37.4 Å². The van der Waals surface area contributed by atoms with E-state index >= 15 is 0 Å². The van der Waals surface area contributed by atoms with Crippen molar-refractivity contribution in [3.63, 3.8) is 0 Å². The third kappa shape index (κ3) is 5.78. The van der Waals surface area contributed by atoms with Crippen LogP contribution >= 0.6 is 0 Å². The summed E-state index contributed by atoms with van der Waals surface area (Å²) in [5.41, 5.74) is 0.825. The van der Waals surface area contributed by atoms with Gasteiger partial charge in [-0.2, -0.15) is 0 Å². The molecule has 0 atom stereocenters. The van der Waals surface area contributed by atoms with Crippen molar-refractivity contribution in [1.29, 1.82) is 0 Å². The quantitative estimate of drug-likeness (QED) is 0.639. The maximum Gasteiger partial charge on any atom is 0.309 e. The normalized spacial score (nSPS) is 14.1. The van der Waals surface area contributed by atoms with Crippen LogP contribution in [0.2, 0.25) is 0 Å². The van der Waals surface area contributed by atoms with Gasteiger partial charge in [0.15, 0.2) is 23.9 Å². The van der Waals surface area contributed by atoms with Crippen molar-refractivity contribution in [2.45, 2.75) is 19.4 Å². The number of benzene rings is 1. The SMILES string of the molecule is COc1ccc(CNC(=O)COC(=O)C2CCN(C(=O)c3ccco3)CC2)cc1OC. The first-order valence-electron chi connectivity index (χ1n) is 9.99. The smallest absolute Gasteiger partial charge is 0.309 e. The fraction of sp³-hybridized carbons (Fsp3) is 0.409. The number of hydrogen-bond acceptors (Lipinski definition) is 7. The highest BCUT2D eigenvalue weighted by Crippen LogP contribution is 2.27. The Morgan fingerprint density at radius 3 is 2.48 bits per heavy atom. The summed E-state index contributed by atoms with van der Waals surface area (Å²) in [4.78, 5) is 38.2. The number of nitrogens with one attached hydrogen (secondary N) is 1. The molecule has 1 aromatic heterocycles. The first-order chi connectivity index (χ1) is 15.0. The summed E-state index contributed by atoms with van der Waals surface area (Å²) >= 11 is 0. The van der Waals surface area contributed by atoms with Gasteiger partial charge in [0.1, 0.15) is 0 Å². The number of carbonyl (C=O) groups is 3. The number of hydrogen-bond donors (Lipinski definition) is 1. The molecule has 9 heteroatoms. The molecule has 0 radical (unpaired) electrons. The summed E-state index contributed by atoms with van der Waals surface area (Å²) in [6.45, 7) is 0.789. The van der Waals surface area contributed by atoms with Gasteiger partial charge in [0.25, 0.3) is 11.8 Å². The van der Waals surface area contributed by atoms with Gasteiger partial charge in [-0.15, -0.1) is 0 Å². The highest BCUT2D eigenvalue weighted by Gasteiger charge is 2.29. The van der Waals surface area contributed by atoms with Crippen molar-refractivity contribution >= 4 is 17.8 Å². The molecular weight excluding hydrogens is 404 g/mol. The molecule has 1 saturated heterocycles. The van der Waals surface area contributed by atoms with Crippen molar-refractivity contribution in [2.24, 2.45) is 5.92 Å². The van der Waals surface area contributed by atoms with Crippen LogP contribution in [0.15, 0.2) is 41.0 Å². The molecule has 1 aromatic carbocycles. The van der Waals surface area contributed by atoms with Gasteiger partial charge in [0.2, 0.25) is 0 Å². The largest absolute Gasteiger partial charge is 0.493 e. The molecule has 3 rings (SSSR count). The topological polar surface area (TPSA) is 107 Å². The van der Waals surface area contributed by atoms with Gasteiger partial charge < -0.3 is 28.8 Å². The predicted octanol–water partition coefficient (Wildman–Crippen LogP) is 2.01. The van der Waals surface area contributed by atoms with Crippen LogP contribution in [0.25, 0.3) is 0 Å². The molecule has 1 N–H and O–H groups in total. The summed E-state index contributed by atoms with van der Waals surface area (Å²) in [5, 5.41) is 2.71. The number of carbonyl (C=O) groups excluding carboxylic acids is 3. The first kappa shape index (κ1) is 22.2. The molecule has 0 unspecified atom stereocenters. The minimum atomic E-state index is -0.425. The van der Waals surface area contributed by atoms with E-state index < -0.39 is 11.9 Å². The average Bonchev–Trinajstić information content (AvgIpc) is 3.35. The van der Waals surface area contributed by atoms with Crippen LogP contribution in [0.3, 0.4) is 0 Å². The van der Waals surface area contributed by atoms with Gasteiger partial charge in [-0.25, -0.2) is 0 Å². The number of furan rings is 1. The van der Waals surface area contributed by atoms with Gasteiger partial charge in [-0.1, -0.05) is 6.07 Å². The Labute approximate surface area is 180 Å².